The number of thiazole rings is 1. The van der Waals surface area contributed by atoms with Crippen molar-refractivity contribution in [3.63, 3.8) is 0 Å². The second-order valence-electron chi connectivity index (χ2n) is 14.4. The maximum absolute atomic E-state index is 13.6. The Morgan fingerprint density at radius 1 is 1.31 bits per heavy atom. The summed E-state index contributed by atoms with van der Waals surface area (Å²) in [6, 6.07) is 4.24. The van der Waals surface area contributed by atoms with Gasteiger partial charge in [0.2, 0.25) is 6.20 Å². The number of aliphatic carboxylic acids is 1. The molecule has 0 radical (unpaired) electrons. The second kappa shape index (κ2) is 15.4. The number of nitrogens with one attached hydrogen (secondary N) is 2. The number of aromatic nitrogens is 3. The Kier molecular flexibility index (Phi) is 11.2. The molecule has 5 heterocycles. The van der Waals surface area contributed by atoms with E-state index < -0.39 is 63.3 Å². The van der Waals surface area contributed by atoms with Crippen LogP contribution in [0.4, 0.5) is 5.13 Å². The number of nitrogens with two attached hydrogens (primary N) is 2. The number of hydroxylamine groups is 2. The van der Waals surface area contributed by atoms with Gasteiger partial charge in [0.1, 0.15) is 23.6 Å². The van der Waals surface area contributed by atoms with Crippen LogP contribution in [0.25, 0.3) is 11.1 Å². The summed E-state index contributed by atoms with van der Waals surface area (Å²) in [7, 11) is -5.04. The fraction of sp³-hybridized carbons (Fsp3) is 0.515. The fourth-order valence-corrected chi connectivity index (χ4v) is 7.75. The number of nitrogens with zero attached hydrogens (tertiary/aromatic N) is 5. The summed E-state index contributed by atoms with van der Waals surface area (Å²) in [6.07, 6.45) is 3.90. The van der Waals surface area contributed by atoms with Gasteiger partial charge in [0.25, 0.3) is 17.4 Å². The highest BCUT2D eigenvalue weighted by molar-refractivity contribution is 7.80. The molecule has 55 heavy (non-hydrogen) atoms. The van der Waals surface area contributed by atoms with Crippen molar-refractivity contribution in [1.82, 2.24) is 25.4 Å². The van der Waals surface area contributed by atoms with Gasteiger partial charge in [-0.3, -0.25) is 14.1 Å². The molecule has 2 amide bonds. The Morgan fingerprint density at radius 3 is 2.69 bits per heavy atom. The molecule has 298 valence electrons. The second-order valence-corrected chi connectivity index (χ2v) is 16.3. The molecule has 9 N–H and O–H groups in total. The van der Waals surface area contributed by atoms with Crippen LogP contribution in [0.15, 0.2) is 41.1 Å². The van der Waals surface area contributed by atoms with Crippen molar-refractivity contribution in [1.29, 1.82) is 0 Å². The number of aliphatic hydroxyl groups is 1. The molecule has 2 saturated heterocycles. The number of carboxylic acid groups (broad SMARTS) is 1. The van der Waals surface area contributed by atoms with Gasteiger partial charge < -0.3 is 41.9 Å². The normalized spacial score (nSPS) is 22.6. The molecule has 22 heteroatoms. The van der Waals surface area contributed by atoms with Crippen molar-refractivity contribution in [3.05, 3.63) is 47.2 Å². The molecule has 3 aromatic rings. The molecule has 0 aliphatic carbocycles. The van der Waals surface area contributed by atoms with Gasteiger partial charge in [-0.05, 0) is 82.3 Å². The van der Waals surface area contributed by atoms with Crippen LogP contribution in [-0.4, -0.2) is 110 Å². The number of amides is 2. The smallest absolute Gasteiger partial charge is 0.418 e. The van der Waals surface area contributed by atoms with Crippen molar-refractivity contribution in [3.8, 4) is 16.9 Å². The van der Waals surface area contributed by atoms with Gasteiger partial charge >= 0.3 is 16.4 Å². The first-order valence-corrected chi connectivity index (χ1v) is 19.7. The molecule has 3 aliphatic heterocycles. The van der Waals surface area contributed by atoms with Crippen LogP contribution in [0.1, 0.15) is 44.9 Å². The summed E-state index contributed by atoms with van der Waals surface area (Å²) in [6.45, 7) is 7.12. The summed E-state index contributed by atoms with van der Waals surface area (Å²) in [5.41, 5.74) is 9.98. The van der Waals surface area contributed by atoms with Gasteiger partial charge in [-0.1, -0.05) is 11.2 Å². The molecule has 3 aliphatic rings. The maximum atomic E-state index is 13.6. The zero-order valence-corrected chi connectivity index (χ0v) is 31.9. The highest BCUT2D eigenvalue weighted by Crippen LogP contribution is 2.37. The average Bonchev–Trinajstić information content (AvgIpc) is 3.91. The SMILES string of the molecule is CC(O/N=C(\C(=O)N[C@@H]1C(=O)N(OS(=O)(=O)O)C1(C)C)c1csc(N)n1)(C(=O)O)[C@H]1CCc2cc(-c3cn(C[C@@H]4CCNC4)[n+](CC(O)CN)c3)ccc2O1. The molecule has 0 spiro atoms. The zero-order chi connectivity index (χ0) is 39.9. The molecule has 0 bridgehead atoms. The molecule has 6 rings (SSSR count). The van der Waals surface area contributed by atoms with E-state index in [1.54, 1.807) is 6.07 Å². The van der Waals surface area contributed by atoms with E-state index in [9.17, 15) is 33.0 Å². The number of fused-ring (bicyclic) bond motifs is 1. The van der Waals surface area contributed by atoms with Gasteiger partial charge in [0, 0.05) is 11.9 Å². The lowest BCUT2D eigenvalue weighted by atomic mass is 9.84. The van der Waals surface area contributed by atoms with E-state index in [0.717, 1.165) is 54.1 Å². The van der Waals surface area contributed by atoms with Crippen LogP contribution in [-0.2, 0) is 53.4 Å². The number of rotatable bonds is 15. The minimum atomic E-state index is -5.04. The standard InChI is InChI=1S/C33H43N9O11S2/c1-32(2)27(29(45)42(32)53-55(48,49)50)38-28(44)26(23-17-54-31(35)37-23)39-52-33(3,30(46)47)25-7-5-20-10-19(4-6-24(20)51-25)21-14-40(13-18-8-9-36-12-18)41(15-21)16-22(43)11-34/h4,6,10,14-15,17-18,22,25,27,36,43H,5,7-9,11-13,16,34H2,1-3H3,(H4-,35,37,38,44,46,47,48,49,50)/p+1/b39-26-/t18-,22?,25-,27-,33?/m1/s1. The lowest BCUT2D eigenvalue weighted by molar-refractivity contribution is -0.780. The van der Waals surface area contributed by atoms with E-state index in [1.807, 2.05) is 29.2 Å². The van der Waals surface area contributed by atoms with Crippen LogP contribution in [0, 0.1) is 5.92 Å². The van der Waals surface area contributed by atoms with Crippen molar-refractivity contribution in [2.24, 2.45) is 16.8 Å². The number of nitrogen functional groups attached to an aromatic ring is 1. The molecule has 5 atom stereocenters. The molecular weight excluding hydrogens is 763 g/mol. The number of anilines is 1. The summed E-state index contributed by atoms with van der Waals surface area (Å²) >= 11 is 0.966. The van der Waals surface area contributed by atoms with E-state index in [-0.39, 0.29) is 23.8 Å². The lowest BCUT2D eigenvalue weighted by Crippen LogP contribution is -2.76. The van der Waals surface area contributed by atoms with E-state index in [2.05, 4.69) is 29.7 Å². The van der Waals surface area contributed by atoms with Crippen molar-refractivity contribution in [2.45, 2.75) is 82.5 Å². The Balaban J connectivity index is 1.21. The number of carbonyl (C=O) groups is 3. The maximum Gasteiger partial charge on any atom is 0.418 e. The number of carboxylic acids is 1. The van der Waals surface area contributed by atoms with Crippen LogP contribution in [0.5, 0.6) is 5.75 Å². The van der Waals surface area contributed by atoms with Crippen LogP contribution >= 0.6 is 11.3 Å². The monoisotopic (exact) mass is 806 g/mol. The Bertz CT molecular complexity index is 2100. The Hall–Kier alpha value is -4.71. The summed E-state index contributed by atoms with van der Waals surface area (Å²) in [5, 5.41) is 32.3. The fourth-order valence-electron chi connectivity index (χ4n) is 6.74. The predicted molar refractivity (Wildman–Crippen MR) is 195 cm³/mol. The minimum Gasteiger partial charge on any atom is -0.485 e. The van der Waals surface area contributed by atoms with E-state index >= 15 is 0 Å². The van der Waals surface area contributed by atoms with E-state index in [0.29, 0.717) is 29.7 Å². The molecule has 2 aromatic heterocycles. The Morgan fingerprint density at radius 2 is 2.07 bits per heavy atom. The molecule has 2 fully saturated rings. The average molecular weight is 807 g/mol. The number of hydrogen-bond donors (Lipinski definition) is 7. The quantitative estimate of drug-likeness (QED) is 0.0326. The van der Waals surface area contributed by atoms with Crippen LogP contribution in [0.3, 0.4) is 0 Å². The van der Waals surface area contributed by atoms with Crippen molar-refractivity contribution < 1.29 is 56.1 Å². The van der Waals surface area contributed by atoms with E-state index in [1.165, 1.54) is 26.2 Å². The number of aryl methyl sites for hydroxylation is 1. The topological polar surface area (TPSA) is 287 Å². The number of hydrogen-bond acceptors (Lipinski definition) is 15. The van der Waals surface area contributed by atoms with Gasteiger partial charge in [-0.15, -0.1) is 20.3 Å². The number of ether oxygens (including phenoxy) is 1. The number of β-lactam (4-membered cyclic amide) rings is 1. The largest absolute Gasteiger partial charge is 0.485 e. The third-order valence-corrected chi connectivity index (χ3v) is 11.0. The first kappa shape index (κ1) is 40.0. The summed E-state index contributed by atoms with van der Waals surface area (Å²) < 4.78 is 46.1. The van der Waals surface area contributed by atoms with E-state index in [4.69, 9.17) is 25.6 Å². The third-order valence-electron chi connectivity index (χ3n) is 9.99. The lowest BCUT2D eigenvalue weighted by Gasteiger charge is -2.50. The van der Waals surface area contributed by atoms with Crippen LogP contribution in [0.2, 0.25) is 0 Å². The summed E-state index contributed by atoms with van der Waals surface area (Å²) in [5.74, 6) is -2.56. The number of oxime groups is 1. The van der Waals surface area contributed by atoms with Gasteiger partial charge in [-0.25, -0.2) is 9.78 Å². The first-order valence-electron chi connectivity index (χ1n) is 17.4. The predicted octanol–water partition coefficient (Wildman–Crippen LogP) is -0.792. The molecule has 0 saturated carbocycles. The molecule has 1 aromatic carbocycles. The van der Waals surface area contributed by atoms with Crippen molar-refractivity contribution in [2.75, 3.05) is 25.4 Å². The molecular formula is C33H44N9O11S2+. The number of aliphatic hydroxyl groups excluding tert-OH is 1. The molecule has 2 unspecified atom stereocenters. The Labute approximate surface area is 319 Å². The van der Waals surface area contributed by atoms with Gasteiger partial charge in [0.15, 0.2) is 23.5 Å². The summed E-state index contributed by atoms with van der Waals surface area (Å²) in [4.78, 5) is 48.7. The zero-order valence-electron chi connectivity index (χ0n) is 30.2. The molecule has 20 nitrogen and oxygen atoms in total. The highest BCUT2D eigenvalue weighted by Gasteiger charge is 2.58. The number of benzene rings is 1. The first-order chi connectivity index (χ1) is 25.9. The van der Waals surface area contributed by atoms with Crippen LogP contribution < -0.4 is 31.5 Å². The third kappa shape index (κ3) is 8.44. The highest BCUT2D eigenvalue weighted by atomic mass is 32.3. The minimum absolute atomic E-state index is 0.0570. The van der Waals surface area contributed by atoms with Gasteiger partial charge in [-0.2, -0.15) is 18.2 Å². The number of carbonyl (C=O) groups excluding carboxylic acids is 2. The van der Waals surface area contributed by atoms with Gasteiger partial charge in [0.05, 0.1) is 23.8 Å². The van der Waals surface area contributed by atoms with Crippen molar-refractivity contribution >= 4 is 50.4 Å².